The summed E-state index contributed by atoms with van der Waals surface area (Å²) in [5.41, 5.74) is -0.352. The fourth-order valence-corrected chi connectivity index (χ4v) is 0.853. The first-order valence-electron chi connectivity index (χ1n) is 5.60. The van der Waals surface area contributed by atoms with Crippen LogP contribution >= 0.6 is 0 Å². The molecule has 2 heteroatoms. The molecular weight excluding hydrogens is 188 g/mol. The van der Waals surface area contributed by atoms with E-state index in [-0.39, 0.29) is 11.2 Å². The largest absolute Gasteiger partial charge is 0.372 e. The summed E-state index contributed by atoms with van der Waals surface area (Å²) in [5.74, 6) is 0.493. The van der Waals surface area contributed by atoms with Gasteiger partial charge in [0.25, 0.3) is 0 Å². The zero-order chi connectivity index (χ0) is 12.1. The molecule has 15 heavy (non-hydrogen) atoms. The van der Waals surface area contributed by atoms with Gasteiger partial charge in [0.15, 0.2) is 0 Å². The first-order chi connectivity index (χ1) is 6.71. The molecule has 0 saturated heterocycles. The van der Waals surface area contributed by atoms with Gasteiger partial charge in [-0.15, -0.1) is 6.58 Å². The Morgan fingerprint density at radius 1 is 1.13 bits per heavy atom. The van der Waals surface area contributed by atoms with Gasteiger partial charge in [-0.3, -0.25) is 0 Å². The minimum atomic E-state index is -0.250. The minimum Gasteiger partial charge on any atom is -0.372 e. The maximum atomic E-state index is 5.89. The molecule has 0 aromatic carbocycles. The van der Waals surface area contributed by atoms with E-state index in [1.807, 2.05) is 13.8 Å². The van der Waals surface area contributed by atoms with Crippen LogP contribution in [0.2, 0.25) is 0 Å². The molecule has 0 amide bonds. The van der Waals surface area contributed by atoms with E-state index in [0.29, 0.717) is 19.1 Å². The van der Waals surface area contributed by atoms with Gasteiger partial charge in [0, 0.05) is 0 Å². The van der Waals surface area contributed by atoms with Crippen molar-refractivity contribution in [2.75, 3.05) is 13.2 Å². The summed E-state index contributed by atoms with van der Waals surface area (Å²) >= 11 is 0. The lowest BCUT2D eigenvalue weighted by Crippen LogP contribution is -2.39. The molecule has 0 aliphatic carbocycles. The van der Waals surface area contributed by atoms with Crippen molar-refractivity contribution in [3.63, 3.8) is 0 Å². The van der Waals surface area contributed by atoms with Crippen molar-refractivity contribution in [3.05, 3.63) is 12.7 Å². The molecule has 0 spiro atoms. The highest BCUT2D eigenvalue weighted by Gasteiger charge is 2.27. The van der Waals surface area contributed by atoms with E-state index in [1.54, 1.807) is 6.08 Å². The summed E-state index contributed by atoms with van der Waals surface area (Å²) in [6.07, 6.45) is 1.76. The third kappa shape index (κ3) is 5.95. The molecule has 0 radical (unpaired) electrons. The second-order valence-electron chi connectivity index (χ2n) is 5.41. The second kappa shape index (κ2) is 5.66. The van der Waals surface area contributed by atoms with E-state index >= 15 is 0 Å². The SMILES string of the molecule is C=CCOC(C)(C)COC(C)(C)C(C)C. The van der Waals surface area contributed by atoms with Crippen molar-refractivity contribution in [2.45, 2.75) is 52.7 Å². The van der Waals surface area contributed by atoms with Crippen molar-refractivity contribution >= 4 is 0 Å². The molecule has 0 saturated carbocycles. The molecule has 90 valence electrons. The molecule has 0 aliphatic rings. The van der Waals surface area contributed by atoms with E-state index in [4.69, 9.17) is 9.47 Å². The van der Waals surface area contributed by atoms with Crippen LogP contribution in [0, 0.1) is 5.92 Å². The van der Waals surface area contributed by atoms with Gasteiger partial charge in [0.1, 0.15) is 0 Å². The van der Waals surface area contributed by atoms with Crippen LogP contribution in [-0.4, -0.2) is 24.4 Å². The molecule has 0 aromatic heterocycles. The number of rotatable bonds is 7. The van der Waals surface area contributed by atoms with Crippen LogP contribution in [0.25, 0.3) is 0 Å². The van der Waals surface area contributed by atoms with Crippen molar-refractivity contribution in [3.8, 4) is 0 Å². The predicted octanol–water partition coefficient (Wildman–Crippen LogP) is 3.42. The summed E-state index contributed by atoms with van der Waals surface area (Å²) in [5, 5.41) is 0. The summed E-state index contributed by atoms with van der Waals surface area (Å²) in [6.45, 7) is 17.4. The first kappa shape index (κ1) is 14.7. The highest BCUT2D eigenvalue weighted by Crippen LogP contribution is 2.23. The molecule has 0 heterocycles. The van der Waals surface area contributed by atoms with Gasteiger partial charge in [-0.1, -0.05) is 19.9 Å². The molecule has 0 aliphatic heterocycles. The van der Waals surface area contributed by atoms with Crippen LogP contribution in [0.5, 0.6) is 0 Å². The molecule has 0 bridgehead atoms. The molecule has 2 nitrogen and oxygen atoms in total. The summed E-state index contributed by atoms with van der Waals surface area (Å²) in [6, 6.07) is 0. The Kier molecular flexibility index (Phi) is 5.54. The number of ether oxygens (including phenoxy) is 2. The van der Waals surface area contributed by atoms with Crippen molar-refractivity contribution in [2.24, 2.45) is 5.92 Å². The Morgan fingerprint density at radius 3 is 2.07 bits per heavy atom. The predicted molar refractivity (Wildman–Crippen MR) is 65.1 cm³/mol. The number of hydrogen-bond donors (Lipinski definition) is 0. The molecule has 0 rings (SSSR count). The van der Waals surface area contributed by atoms with Crippen molar-refractivity contribution < 1.29 is 9.47 Å². The van der Waals surface area contributed by atoms with Gasteiger partial charge in [0.05, 0.1) is 24.4 Å². The first-order valence-corrected chi connectivity index (χ1v) is 5.60. The Balaban J connectivity index is 4.07. The normalized spacial score (nSPS) is 13.3. The maximum absolute atomic E-state index is 5.89. The summed E-state index contributed by atoms with van der Waals surface area (Å²) < 4.78 is 11.5. The molecule has 0 unspecified atom stereocenters. The van der Waals surface area contributed by atoms with Gasteiger partial charge in [-0.25, -0.2) is 0 Å². The lowest BCUT2D eigenvalue weighted by atomic mass is 9.94. The maximum Gasteiger partial charge on any atom is 0.0863 e. The molecule has 0 fully saturated rings. The highest BCUT2D eigenvalue weighted by atomic mass is 16.6. The zero-order valence-electron chi connectivity index (χ0n) is 11.1. The quantitative estimate of drug-likeness (QED) is 0.605. The standard InChI is InChI=1S/C13H26O2/c1-8-9-14-12(4,5)10-15-13(6,7)11(2)3/h8,11H,1,9-10H2,2-7H3. The fourth-order valence-electron chi connectivity index (χ4n) is 0.853. The zero-order valence-corrected chi connectivity index (χ0v) is 11.1. The van der Waals surface area contributed by atoms with Crippen LogP contribution in [-0.2, 0) is 9.47 Å². The molecule has 0 aromatic rings. The van der Waals surface area contributed by atoms with Crippen LogP contribution < -0.4 is 0 Å². The Bertz CT molecular complexity index is 193. The molecular formula is C13H26O2. The average molecular weight is 214 g/mol. The van der Waals surface area contributed by atoms with E-state index in [9.17, 15) is 0 Å². The van der Waals surface area contributed by atoms with Gasteiger partial charge in [-0.05, 0) is 33.6 Å². The van der Waals surface area contributed by atoms with Gasteiger partial charge in [-0.2, -0.15) is 0 Å². The van der Waals surface area contributed by atoms with Crippen LogP contribution in [0.15, 0.2) is 12.7 Å². The number of hydrogen-bond acceptors (Lipinski definition) is 2. The smallest absolute Gasteiger partial charge is 0.0863 e. The van der Waals surface area contributed by atoms with Gasteiger partial charge in [0.2, 0.25) is 0 Å². The average Bonchev–Trinajstić information content (AvgIpc) is 2.12. The highest BCUT2D eigenvalue weighted by molar-refractivity contribution is 4.77. The molecule has 0 N–H and O–H groups in total. The Morgan fingerprint density at radius 2 is 1.67 bits per heavy atom. The molecule has 0 atom stereocenters. The van der Waals surface area contributed by atoms with Crippen LogP contribution in [0.4, 0.5) is 0 Å². The Hall–Kier alpha value is -0.340. The summed E-state index contributed by atoms with van der Waals surface area (Å²) in [4.78, 5) is 0. The van der Waals surface area contributed by atoms with Crippen molar-refractivity contribution in [1.82, 2.24) is 0 Å². The summed E-state index contributed by atoms with van der Waals surface area (Å²) in [7, 11) is 0. The van der Waals surface area contributed by atoms with Gasteiger partial charge >= 0.3 is 0 Å². The van der Waals surface area contributed by atoms with E-state index < -0.39 is 0 Å². The third-order valence-electron chi connectivity index (χ3n) is 2.77. The van der Waals surface area contributed by atoms with E-state index in [2.05, 4.69) is 34.3 Å². The van der Waals surface area contributed by atoms with Crippen LogP contribution in [0.3, 0.4) is 0 Å². The topological polar surface area (TPSA) is 18.5 Å². The third-order valence-corrected chi connectivity index (χ3v) is 2.77. The van der Waals surface area contributed by atoms with E-state index in [0.717, 1.165) is 0 Å². The van der Waals surface area contributed by atoms with Crippen LogP contribution in [0.1, 0.15) is 41.5 Å². The Labute approximate surface area is 94.7 Å². The lowest BCUT2D eigenvalue weighted by molar-refractivity contribution is -0.128. The minimum absolute atomic E-state index is 0.102. The van der Waals surface area contributed by atoms with E-state index in [1.165, 1.54) is 0 Å². The lowest BCUT2D eigenvalue weighted by Gasteiger charge is -2.34. The van der Waals surface area contributed by atoms with Crippen molar-refractivity contribution in [1.29, 1.82) is 0 Å². The monoisotopic (exact) mass is 214 g/mol. The van der Waals surface area contributed by atoms with Gasteiger partial charge < -0.3 is 9.47 Å². The fraction of sp³-hybridized carbons (Fsp3) is 0.846. The second-order valence-corrected chi connectivity index (χ2v) is 5.41.